The highest BCUT2D eigenvalue weighted by Gasteiger charge is 2.52. The lowest BCUT2D eigenvalue weighted by molar-refractivity contribution is -0.139. The lowest BCUT2D eigenvalue weighted by Crippen LogP contribution is -2.44. The van der Waals surface area contributed by atoms with Crippen molar-refractivity contribution in [3.8, 4) is 0 Å². The quantitative estimate of drug-likeness (QED) is 0.567. The summed E-state index contributed by atoms with van der Waals surface area (Å²) in [5.41, 5.74) is 1.25. The van der Waals surface area contributed by atoms with E-state index in [1.807, 2.05) is 36.4 Å². The van der Waals surface area contributed by atoms with Gasteiger partial charge < -0.3 is 20.0 Å². The van der Waals surface area contributed by atoms with Crippen molar-refractivity contribution in [3.63, 3.8) is 0 Å². The first-order valence-electron chi connectivity index (χ1n) is 10.9. The summed E-state index contributed by atoms with van der Waals surface area (Å²) in [5.74, 6) is -0.741. The number of carbonyl (C=O) groups is 2. The van der Waals surface area contributed by atoms with Gasteiger partial charge in [0.15, 0.2) is 5.60 Å². The highest BCUT2D eigenvalue weighted by Crippen LogP contribution is 2.46. The zero-order chi connectivity index (χ0) is 22.9. The van der Waals surface area contributed by atoms with Crippen molar-refractivity contribution in [1.82, 2.24) is 0 Å². The third-order valence-corrected chi connectivity index (χ3v) is 6.74. The molecular weight excluding hydrogens is 472 g/mol. The van der Waals surface area contributed by atoms with Crippen molar-refractivity contribution in [3.05, 3.63) is 70.2 Å². The Morgan fingerprint density at radius 3 is 2.75 bits per heavy atom. The van der Waals surface area contributed by atoms with E-state index in [-0.39, 0.29) is 18.4 Å². The Kier molecular flexibility index (Phi) is 6.51. The van der Waals surface area contributed by atoms with Crippen molar-refractivity contribution >= 4 is 39.1 Å². The fourth-order valence-corrected chi connectivity index (χ4v) is 4.88. The summed E-state index contributed by atoms with van der Waals surface area (Å²) in [7, 11) is 0. The van der Waals surface area contributed by atoms with Gasteiger partial charge >= 0.3 is 0 Å². The van der Waals surface area contributed by atoms with E-state index in [1.165, 1.54) is 0 Å². The average Bonchev–Trinajstić information content (AvgIpc) is 3.30. The molecule has 0 radical (unpaired) electrons. The fraction of sp³-hybridized carbons (Fsp3) is 0.360. The van der Waals surface area contributed by atoms with Crippen LogP contribution >= 0.6 is 15.9 Å². The molecule has 0 aliphatic carbocycles. The summed E-state index contributed by atoms with van der Waals surface area (Å²) in [5, 5.41) is 20.7. The van der Waals surface area contributed by atoms with Crippen LogP contribution in [-0.2, 0) is 21.7 Å². The van der Waals surface area contributed by atoms with E-state index < -0.39 is 11.5 Å². The Morgan fingerprint density at radius 1 is 1.22 bits per heavy atom. The molecule has 32 heavy (non-hydrogen) atoms. The number of aliphatic hydroxyl groups excluding tert-OH is 1. The van der Waals surface area contributed by atoms with Crippen LogP contribution in [0.2, 0.25) is 0 Å². The van der Waals surface area contributed by atoms with Crippen molar-refractivity contribution in [2.24, 2.45) is 5.92 Å². The maximum atomic E-state index is 13.6. The predicted octanol–water partition coefficient (Wildman–Crippen LogP) is 3.89. The number of anilines is 2. The van der Waals surface area contributed by atoms with Crippen LogP contribution in [0.5, 0.6) is 0 Å². The highest BCUT2D eigenvalue weighted by atomic mass is 79.9. The largest absolute Gasteiger partial charge is 0.396 e. The van der Waals surface area contributed by atoms with E-state index in [4.69, 9.17) is 5.11 Å². The van der Waals surface area contributed by atoms with Crippen LogP contribution in [0, 0.1) is 5.92 Å². The summed E-state index contributed by atoms with van der Waals surface area (Å²) in [4.78, 5) is 29.1. The summed E-state index contributed by atoms with van der Waals surface area (Å²) >= 11 is 3.46. The van der Waals surface area contributed by atoms with Crippen molar-refractivity contribution in [2.45, 2.75) is 38.3 Å². The Hall–Kier alpha value is -2.48. The molecule has 2 atom stereocenters. The Morgan fingerprint density at radius 2 is 2.03 bits per heavy atom. The minimum absolute atomic E-state index is 0.0136. The van der Waals surface area contributed by atoms with Gasteiger partial charge in [0.1, 0.15) is 0 Å². The van der Waals surface area contributed by atoms with Crippen molar-refractivity contribution in [2.75, 3.05) is 23.0 Å². The van der Waals surface area contributed by atoms with Gasteiger partial charge in [-0.25, -0.2) is 0 Å². The number of benzene rings is 2. The van der Waals surface area contributed by atoms with Gasteiger partial charge in [0, 0.05) is 41.2 Å². The molecule has 0 saturated carbocycles. The third-order valence-electron chi connectivity index (χ3n) is 6.25. The molecule has 2 amide bonds. The minimum atomic E-state index is -1.70. The normalized spacial score (nSPS) is 21.6. The van der Waals surface area contributed by atoms with E-state index in [2.05, 4.69) is 15.9 Å². The molecule has 6 nitrogen and oxygen atoms in total. The van der Waals surface area contributed by atoms with Gasteiger partial charge in [-0.3, -0.25) is 9.59 Å². The summed E-state index contributed by atoms with van der Waals surface area (Å²) in [6.45, 7) is 2.82. The maximum absolute atomic E-state index is 13.6. The van der Waals surface area contributed by atoms with Crippen LogP contribution in [-0.4, -0.2) is 35.2 Å². The molecule has 1 fully saturated rings. The van der Waals surface area contributed by atoms with Gasteiger partial charge in [-0.05, 0) is 48.7 Å². The topological polar surface area (TPSA) is 81.1 Å². The molecule has 2 aliphatic heterocycles. The van der Waals surface area contributed by atoms with Gasteiger partial charge in [0.05, 0.1) is 12.2 Å². The zero-order valence-corrected chi connectivity index (χ0v) is 19.6. The van der Waals surface area contributed by atoms with Crippen LogP contribution in [0.15, 0.2) is 59.1 Å². The van der Waals surface area contributed by atoms with Gasteiger partial charge in [0.2, 0.25) is 5.91 Å². The minimum Gasteiger partial charge on any atom is -0.396 e. The molecule has 1 saturated heterocycles. The van der Waals surface area contributed by atoms with Gasteiger partial charge in [-0.1, -0.05) is 47.1 Å². The monoisotopic (exact) mass is 498 g/mol. The molecule has 0 spiro atoms. The number of fused-ring (bicyclic) bond motifs is 1. The number of aliphatic hydroxyl groups is 2. The first-order valence-corrected chi connectivity index (χ1v) is 11.7. The second kappa shape index (κ2) is 9.17. The highest BCUT2D eigenvalue weighted by molar-refractivity contribution is 9.10. The van der Waals surface area contributed by atoms with E-state index in [0.717, 1.165) is 22.1 Å². The second-order valence-electron chi connectivity index (χ2n) is 8.37. The summed E-state index contributed by atoms with van der Waals surface area (Å²) in [6.07, 6.45) is 5.44. The van der Waals surface area contributed by atoms with E-state index in [1.54, 1.807) is 34.9 Å². The Balaban J connectivity index is 1.67. The van der Waals surface area contributed by atoms with Crippen LogP contribution in [0.3, 0.4) is 0 Å². The lowest BCUT2D eigenvalue weighted by Gasteiger charge is -2.28. The number of hydrogen-bond donors (Lipinski definition) is 2. The number of rotatable bonds is 7. The number of hydrogen-bond acceptors (Lipinski definition) is 4. The first kappa shape index (κ1) is 22.7. The predicted molar refractivity (Wildman–Crippen MR) is 127 cm³/mol. The van der Waals surface area contributed by atoms with Crippen molar-refractivity contribution in [1.29, 1.82) is 0 Å². The van der Waals surface area contributed by atoms with Gasteiger partial charge in [-0.2, -0.15) is 0 Å². The van der Waals surface area contributed by atoms with E-state index in [0.29, 0.717) is 37.2 Å². The molecule has 2 N–H and O–H groups in total. The Bertz CT molecular complexity index is 1070. The van der Waals surface area contributed by atoms with Gasteiger partial charge in [-0.15, -0.1) is 0 Å². The first-order chi connectivity index (χ1) is 15.4. The Labute approximate surface area is 196 Å². The average molecular weight is 499 g/mol. The summed E-state index contributed by atoms with van der Waals surface area (Å²) in [6, 6.07) is 13.2. The van der Waals surface area contributed by atoms with Crippen LogP contribution in [0.4, 0.5) is 11.4 Å². The molecule has 2 aromatic carbocycles. The molecule has 7 heteroatoms. The van der Waals surface area contributed by atoms with Crippen LogP contribution < -0.4 is 9.80 Å². The number of amides is 2. The molecule has 0 aromatic heterocycles. The third kappa shape index (κ3) is 4.00. The molecule has 2 aliphatic rings. The smallest absolute Gasteiger partial charge is 0.264 e. The number of carbonyl (C=O) groups excluding carboxylic acids is 2. The molecule has 2 aromatic rings. The number of nitrogens with zero attached hydrogens (tertiary/aromatic N) is 2. The zero-order valence-electron chi connectivity index (χ0n) is 18.0. The maximum Gasteiger partial charge on any atom is 0.264 e. The molecular formula is C25H27BrN2O4. The molecule has 0 unspecified atom stereocenters. The molecule has 4 rings (SSSR count). The molecule has 0 bridgehead atoms. The van der Waals surface area contributed by atoms with Crippen molar-refractivity contribution < 1.29 is 19.8 Å². The molecule has 168 valence electrons. The van der Waals surface area contributed by atoms with E-state index in [9.17, 15) is 14.7 Å². The standard InChI is InChI=1S/C25H27BrN2O4/c1-17(6-2-3-13-29)25(32)21-15-19(26)10-11-22(21)28(24(25)31)16-18-7-4-8-20(14-18)27-12-5-9-23(27)30/h2,4,6-8,10-11,14-15,17,29,32H,3,5,9,12-13,16H2,1H3/b6-2+/t17-,25+/m1/s1. The molecule has 2 heterocycles. The van der Waals surface area contributed by atoms with E-state index >= 15 is 0 Å². The fourth-order valence-electron chi connectivity index (χ4n) is 4.52. The second-order valence-corrected chi connectivity index (χ2v) is 9.28. The van der Waals surface area contributed by atoms with Crippen LogP contribution in [0.25, 0.3) is 0 Å². The van der Waals surface area contributed by atoms with Crippen LogP contribution in [0.1, 0.15) is 37.3 Å². The number of halogens is 1. The van der Waals surface area contributed by atoms with Gasteiger partial charge in [0.25, 0.3) is 5.91 Å². The summed E-state index contributed by atoms with van der Waals surface area (Å²) < 4.78 is 0.783. The SMILES string of the molecule is C[C@H](/C=C/CCO)[C@@]1(O)C(=O)N(Cc2cccc(N3CCCC3=O)c2)c2ccc(Br)cc21. The lowest BCUT2D eigenvalue weighted by atomic mass is 9.83.